The Hall–Kier alpha value is -1.06. The summed E-state index contributed by atoms with van der Waals surface area (Å²) in [5, 5.41) is 8.25. The summed E-state index contributed by atoms with van der Waals surface area (Å²) in [6, 6.07) is 0. The Labute approximate surface area is 46.4 Å². The van der Waals surface area contributed by atoms with Gasteiger partial charge < -0.3 is 5.11 Å². The highest BCUT2D eigenvalue weighted by molar-refractivity contribution is 5.81. The maximum Gasteiger partial charge on any atom is 0.412 e. The Balaban J connectivity index is 2.48. The minimum atomic E-state index is -0.925. The van der Waals surface area contributed by atoms with E-state index in [-0.39, 0.29) is 0 Å². The molecule has 0 aliphatic carbocycles. The summed E-state index contributed by atoms with van der Waals surface area (Å²) in [6.07, 6.45) is 0.411. The van der Waals surface area contributed by atoms with Crippen LogP contribution in [0, 0.1) is 0 Å². The van der Waals surface area contributed by atoms with Gasteiger partial charge in [0.1, 0.15) is 0 Å². The van der Waals surface area contributed by atoms with E-state index < -0.39 is 6.09 Å². The molecule has 0 spiro atoms. The van der Waals surface area contributed by atoms with Gasteiger partial charge in [-0.15, -0.1) is 0 Å². The first kappa shape index (κ1) is 5.08. The Bertz CT molecular complexity index is 132. The van der Waals surface area contributed by atoms with Gasteiger partial charge in [0, 0.05) is 6.54 Å². The molecule has 0 unspecified atom stereocenters. The molecule has 1 aliphatic heterocycles. The van der Waals surface area contributed by atoms with Gasteiger partial charge in [0.05, 0.1) is 12.9 Å². The summed E-state index contributed by atoms with van der Waals surface area (Å²) in [6.45, 7) is 1.11. The van der Waals surface area contributed by atoms with Gasteiger partial charge in [-0.3, -0.25) is 9.89 Å². The Morgan fingerprint density at radius 3 is 2.88 bits per heavy atom. The highest BCUT2D eigenvalue weighted by Gasteiger charge is 2.10. The van der Waals surface area contributed by atoms with Gasteiger partial charge in [-0.2, -0.15) is 0 Å². The summed E-state index contributed by atoms with van der Waals surface area (Å²) in [5.74, 6) is 0. The predicted molar refractivity (Wildman–Crippen MR) is 28.1 cm³/mol. The maximum absolute atomic E-state index is 10.0. The van der Waals surface area contributed by atoms with Crippen LogP contribution >= 0.6 is 0 Å². The van der Waals surface area contributed by atoms with Crippen molar-refractivity contribution in [1.29, 1.82) is 0 Å². The minimum absolute atomic E-state index is 0.509. The normalized spacial score (nSPS) is 17.2. The van der Waals surface area contributed by atoms with Crippen LogP contribution < -0.4 is 0 Å². The lowest BCUT2D eigenvalue weighted by Crippen LogP contribution is -2.25. The lowest BCUT2D eigenvalue weighted by Gasteiger charge is -2.02. The molecule has 4 nitrogen and oxygen atoms in total. The van der Waals surface area contributed by atoms with E-state index in [4.69, 9.17) is 5.11 Å². The van der Waals surface area contributed by atoms with Crippen LogP contribution in [-0.2, 0) is 0 Å². The van der Waals surface area contributed by atoms with Crippen LogP contribution in [0.25, 0.3) is 0 Å². The van der Waals surface area contributed by atoms with Crippen molar-refractivity contribution < 1.29 is 9.90 Å². The van der Waals surface area contributed by atoms with Crippen molar-refractivity contribution in [2.45, 2.75) is 0 Å². The summed E-state index contributed by atoms with van der Waals surface area (Å²) in [4.78, 5) is 14.9. The second kappa shape index (κ2) is 1.81. The molecule has 0 aromatic carbocycles. The molecule has 8 heavy (non-hydrogen) atoms. The molecule has 1 amide bonds. The van der Waals surface area contributed by atoms with Crippen LogP contribution in [0.4, 0.5) is 4.79 Å². The van der Waals surface area contributed by atoms with E-state index >= 15 is 0 Å². The second-order valence-electron chi connectivity index (χ2n) is 1.50. The van der Waals surface area contributed by atoms with Crippen LogP contribution in [-0.4, -0.2) is 35.5 Å². The van der Waals surface area contributed by atoms with Gasteiger partial charge in [-0.25, -0.2) is 4.79 Å². The smallest absolute Gasteiger partial charge is 0.412 e. The molecule has 0 aromatic heterocycles. The van der Waals surface area contributed by atoms with E-state index in [0.717, 1.165) is 4.90 Å². The second-order valence-corrected chi connectivity index (χ2v) is 1.50. The molecule has 44 valence electrons. The molecule has 0 atom stereocenters. The van der Waals surface area contributed by atoms with Crippen molar-refractivity contribution in [2.75, 3.05) is 13.1 Å². The zero-order valence-electron chi connectivity index (χ0n) is 4.24. The highest BCUT2D eigenvalue weighted by atomic mass is 16.4. The van der Waals surface area contributed by atoms with Crippen molar-refractivity contribution in [3.05, 3.63) is 0 Å². The third kappa shape index (κ3) is 0.776. The molecule has 4 heteroatoms. The zero-order valence-corrected chi connectivity index (χ0v) is 4.24. The van der Waals surface area contributed by atoms with Crippen molar-refractivity contribution in [3.8, 4) is 0 Å². The number of nitrogens with zero attached hydrogens (tertiary/aromatic N) is 2. The number of amides is 1. The maximum atomic E-state index is 10.0. The summed E-state index contributed by atoms with van der Waals surface area (Å²) in [7, 11) is 0. The van der Waals surface area contributed by atoms with E-state index in [0.29, 0.717) is 13.1 Å². The number of hydrogen-bond donors (Lipinski definition) is 1. The number of hydrogen-bond acceptors (Lipinski definition) is 2. The third-order valence-electron chi connectivity index (χ3n) is 0.937. The first-order valence-electron chi connectivity index (χ1n) is 2.30. The summed E-state index contributed by atoms with van der Waals surface area (Å²) < 4.78 is 0. The first-order chi connectivity index (χ1) is 3.80. The molecule has 0 radical (unpaired) electrons. The molecule has 1 rings (SSSR count). The quantitative estimate of drug-likeness (QED) is 0.482. The molecule has 0 bridgehead atoms. The van der Waals surface area contributed by atoms with Crippen LogP contribution in [0.3, 0.4) is 0 Å². The summed E-state index contributed by atoms with van der Waals surface area (Å²) >= 11 is 0. The third-order valence-corrected chi connectivity index (χ3v) is 0.937. The van der Waals surface area contributed by atoms with Gasteiger partial charge in [0.2, 0.25) is 0 Å². The molecule has 0 aromatic rings. The average Bonchev–Trinajstić information content (AvgIpc) is 2.12. The molecular formula is C4H6N2O2. The number of carboxylic acid groups (broad SMARTS) is 1. The topological polar surface area (TPSA) is 52.9 Å². The monoisotopic (exact) mass is 114 g/mol. The van der Waals surface area contributed by atoms with E-state index in [1.165, 1.54) is 6.34 Å². The predicted octanol–water partition coefficient (Wildman–Crippen LogP) is 0.00830. The number of rotatable bonds is 0. The van der Waals surface area contributed by atoms with E-state index in [2.05, 4.69) is 4.99 Å². The lowest BCUT2D eigenvalue weighted by molar-refractivity contribution is 0.173. The molecular weight excluding hydrogens is 108 g/mol. The van der Waals surface area contributed by atoms with Gasteiger partial charge >= 0.3 is 6.09 Å². The fraction of sp³-hybridized carbons (Fsp3) is 0.500. The standard InChI is InChI=1S/C4H6N2O2/c7-4(8)6-2-1-5-3-6/h3H,1-2H2,(H,7,8). The summed E-state index contributed by atoms with van der Waals surface area (Å²) in [5.41, 5.74) is 0. The largest absolute Gasteiger partial charge is 0.465 e. The fourth-order valence-electron chi connectivity index (χ4n) is 0.525. The Morgan fingerprint density at radius 1 is 1.88 bits per heavy atom. The zero-order chi connectivity index (χ0) is 5.98. The van der Waals surface area contributed by atoms with Crippen LogP contribution in [0.15, 0.2) is 4.99 Å². The SMILES string of the molecule is O=C(O)N1C=NCC1. The van der Waals surface area contributed by atoms with Gasteiger partial charge in [-0.05, 0) is 0 Å². The fourth-order valence-corrected chi connectivity index (χ4v) is 0.525. The van der Waals surface area contributed by atoms with Crippen molar-refractivity contribution >= 4 is 12.4 Å². The molecule has 1 heterocycles. The molecule has 0 fully saturated rings. The van der Waals surface area contributed by atoms with Crippen LogP contribution in [0.2, 0.25) is 0 Å². The Kier molecular flexibility index (Phi) is 1.15. The molecule has 0 saturated heterocycles. The van der Waals surface area contributed by atoms with Crippen molar-refractivity contribution in [1.82, 2.24) is 4.90 Å². The lowest BCUT2D eigenvalue weighted by atomic mass is 10.6. The van der Waals surface area contributed by atoms with Crippen LogP contribution in [0.1, 0.15) is 0 Å². The van der Waals surface area contributed by atoms with E-state index in [1.54, 1.807) is 0 Å². The van der Waals surface area contributed by atoms with Crippen molar-refractivity contribution in [2.24, 2.45) is 4.99 Å². The first-order valence-corrected chi connectivity index (χ1v) is 2.30. The van der Waals surface area contributed by atoms with Crippen LogP contribution in [0.5, 0.6) is 0 Å². The molecule has 1 aliphatic rings. The van der Waals surface area contributed by atoms with E-state index in [1.807, 2.05) is 0 Å². The Morgan fingerprint density at radius 2 is 2.62 bits per heavy atom. The molecule has 0 saturated carbocycles. The minimum Gasteiger partial charge on any atom is -0.465 e. The van der Waals surface area contributed by atoms with E-state index in [9.17, 15) is 4.79 Å². The highest BCUT2D eigenvalue weighted by Crippen LogP contribution is 1.91. The van der Waals surface area contributed by atoms with Gasteiger partial charge in [0.15, 0.2) is 0 Å². The van der Waals surface area contributed by atoms with Gasteiger partial charge in [0.25, 0.3) is 0 Å². The van der Waals surface area contributed by atoms with Crippen molar-refractivity contribution in [3.63, 3.8) is 0 Å². The van der Waals surface area contributed by atoms with Gasteiger partial charge in [-0.1, -0.05) is 0 Å². The molecule has 1 N–H and O–H groups in total. The number of carbonyl (C=O) groups is 1. The number of aliphatic imine (C=N–C) groups is 1. The average molecular weight is 114 g/mol.